The molecule has 0 spiro atoms. The van der Waals surface area contributed by atoms with E-state index in [2.05, 4.69) is 5.09 Å². The van der Waals surface area contributed by atoms with E-state index >= 15 is 0 Å². The predicted octanol–water partition coefficient (Wildman–Crippen LogP) is 7.44. The quantitative estimate of drug-likeness (QED) is 0.191. The molecule has 0 atom stereocenters. The highest BCUT2D eigenvalue weighted by atomic mass is 31.1. The second-order valence-electron chi connectivity index (χ2n) is 8.21. The van der Waals surface area contributed by atoms with Crippen molar-refractivity contribution in [1.29, 1.82) is 0 Å². The number of aromatic nitrogens is 1. The Labute approximate surface area is 208 Å². The van der Waals surface area contributed by atoms with Gasteiger partial charge in [0.05, 0.1) is 30.2 Å². The van der Waals surface area contributed by atoms with Crippen LogP contribution in [0.2, 0.25) is 0 Å². The highest BCUT2D eigenvalue weighted by Gasteiger charge is 2.32. The highest BCUT2D eigenvalue weighted by molar-refractivity contribution is 7.71. The smallest absolute Gasteiger partial charge is 0.308 e. The first-order chi connectivity index (χ1) is 17.5. The van der Waals surface area contributed by atoms with Crippen LogP contribution in [0.1, 0.15) is 11.1 Å². The molecule has 0 aliphatic heterocycles. The van der Waals surface area contributed by atoms with Gasteiger partial charge in [0, 0.05) is 21.4 Å². The molecule has 0 unspecified atom stereocenters. The lowest BCUT2D eigenvalue weighted by Crippen LogP contribution is -2.32. The minimum atomic E-state index is -4.55. The Balaban J connectivity index is 1.59. The van der Waals surface area contributed by atoms with Crippen molar-refractivity contribution in [3.8, 4) is 0 Å². The molecular formula is C27H17F6N2OP. The summed E-state index contributed by atoms with van der Waals surface area (Å²) in [6.07, 6.45) is -9.11. The first-order valence-corrected chi connectivity index (χ1v) is 12.3. The molecule has 0 saturated heterocycles. The maximum absolute atomic E-state index is 13.7. The van der Waals surface area contributed by atoms with Gasteiger partial charge in [0.1, 0.15) is 0 Å². The zero-order valence-electron chi connectivity index (χ0n) is 18.8. The SMILES string of the molecule is O=C(NP(c1ccc(C(F)(F)F)cc1)c1ccc(C(F)(F)F)cc1)n1c2ccccc2c2ccccc21. The molecule has 1 aromatic heterocycles. The van der Waals surface area contributed by atoms with Crippen molar-refractivity contribution in [2.24, 2.45) is 0 Å². The fourth-order valence-corrected chi connectivity index (χ4v) is 5.91. The third-order valence-electron chi connectivity index (χ3n) is 5.90. The van der Waals surface area contributed by atoms with Crippen LogP contribution in [0, 0.1) is 0 Å². The summed E-state index contributed by atoms with van der Waals surface area (Å²) in [4.78, 5) is 13.7. The molecule has 0 radical (unpaired) electrons. The number of hydrogen-bond donors (Lipinski definition) is 1. The van der Waals surface area contributed by atoms with Crippen molar-refractivity contribution < 1.29 is 31.1 Å². The summed E-state index contributed by atoms with van der Waals surface area (Å²) in [7, 11) is -1.86. The third kappa shape index (κ3) is 4.79. The lowest BCUT2D eigenvalue weighted by Gasteiger charge is -2.21. The number of para-hydroxylation sites is 2. The van der Waals surface area contributed by atoms with Gasteiger partial charge in [-0.15, -0.1) is 0 Å². The van der Waals surface area contributed by atoms with Gasteiger partial charge < -0.3 is 5.09 Å². The fourth-order valence-electron chi connectivity index (χ4n) is 4.16. The Morgan fingerprint density at radius 1 is 0.595 bits per heavy atom. The van der Waals surface area contributed by atoms with Gasteiger partial charge in [0.15, 0.2) is 0 Å². The molecule has 5 aromatic rings. The molecule has 0 aliphatic rings. The number of benzene rings is 4. The van der Waals surface area contributed by atoms with E-state index in [-0.39, 0.29) is 0 Å². The van der Waals surface area contributed by atoms with Crippen molar-refractivity contribution >= 4 is 46.5 Å². The predicted molar refractivity (Wildman–Crippen MR) is 132 cm³/mol. The second kappa shape index (κ2) is 9.23. The van der Waals surface area contributed by atoms with Crippen LogP contribution >= 0.6 is 8.07 Å². The van der Waals surface area contributed by atoms with E-state index < -0.39 is 37.6 Å². The van der Waals surface area contributed by atoms with E-state index in [0.717, 1.165) is 35.0 Å². The van der Waals surface area contributed by atoms with E-state index in [1.807, 2.05) is 24.3 Å². The van der Waals surface area contributed by atoms with Crippen LogP contribution in [-0.2, 0) is 12.4 Å². The zero-order valence-corrected chi connectivity index (χ0v) is 19.7. The minimum Gasteiger partial charge on any atom is -0.308 e. The molecule has 4 aromatic carbocycles. The fraction of sp³-hybridized carbons (Fsp3) is 0.0741. The van der Waals surface area contributed by atoms with Gasteiger partial charge >= 0.3 is 18.4 Å². The number of halogens is 6. The Kier molecular flexibility index (Phi) is 6.20. The van der Waals surface area contributed by atoms with Gasteiger partial charge in [-0.05, 0) is 36.4 Å². The largest absolute Gasteiger partial charge is 0.416 e. The van der Waals surface area contributed by atoms with Crippen LogP contribution in [0.3, 0.4) is 0 Å². The van der Waals surface area contributed by atoms with Gasteiger partial charge in [0.2, 0.25) is 0 Å². The van der Waals surface area contributed by atoms with E-state index in [1.54, 1.807) is 24.3 Å². The topological polar surface area (TPSA) is 34.0 Å². The normalized spacial score (nSPS) is 12.4. The van der Waals surface area contributed by atoms with Gasteiger partial charge in [-0.3, -0.25) is 4.57 Å². The Bertz CT molecular complexity index is 1480. The lowest BCUT2D eigenvalue weighted by atomic mass is 10.2. The van der Waals surface area contributed by atoms with E-state index in [9.17, 15) is 31.1 Å². The Hall–Kier alpha value is -3.84. The maximum Gasteiger partial charge on any atom is 0.416 e. The standard InChI is InChI=1S/C27H17F6N2OP/c28-26(29,30)17-9-13-19(14-10-17)37(20-15-11-18(12-16-20)27(31,32)33)34-25(36)35-23-7-3-1-5-21(23)22-6-2-4-8-24(22)35/h1-16H,(H,34,36). The van der Waals surface area contributed by atoms with Crippen LogP contribution in [0.25, 0.3) is 21.8 Å². The number of fused-ring (bicyclic) bond motifs is 3. The van der Waals surface area contributed by atoms with Crippen LogP contribution < -0.4 is 15.7 Å². The van der Waals surface area contributed by atoms with Crippen molar-refractivity contribution in [3.63, 3.8) is 0 Å². The molecular weight excluding hydrogens is 513 g/mol. The molecule has 1 N–H and O–H groups in total. The highest BCUT2D eigenvalue weighted by Crippen LogP contribution is 2.36. The van der Waals surface area contributed by atoms with Gasteiger partial charge in [-0.1, -0.05) is 60.7 Å². The lowest BCUT2D eigenvalue weighted by molar-refractivity contribution is -0.138. The number of alkyl halides is 6. The maximum atomic E-state index is 13.7. The first-order valence-electron chi connectivity index (χ1n) is 11.0. The van der Waals surface area contributed by atoms with Crippen molar-refractivity contribution in [1.82, 2.24) is 9.65 Å². The Morgan fingerprint density at radius 3 is 1.35 bits per heavy atom. The second-order valence-corrected chi connectivity index (χ2v) is 10.1. The van der Waals surface area contributed by atoms with Crippen LogP contribution in [0.5, 0.6) is 0 Å². The molecule has 1 heterocycles. The monoisotopic (exact) mass is 530 g/mol. The first kappa shape index (κ1) is 24.8. The number of nitrogens with one attached hydrogen (secondary N) is 1. The van der Waals surface area contributed by atoms with Gasteiger partial charge in [-0.25, -0.2) is 4.79 Å². The summed E-state index contributed by atoms with van der Waals surface area (Å²) in [6, 6.07) is 22.5. The number of hydrogen-bond acceptors (Lipinski definition) is 1. The third-order valence-corrected chi connectivity index (χ3v) is 7.94. The summed E-state index contributed by atoms with van der Waals surface area (Å²) in [5, 5.41) is 5.24. The number of rotatable bonds is 3. The van der Waals surface area contributed by atoms with Crippen molar-refractivity contribution in [2.75, 3.05) is 0 Å². The van der Waals surface area contributed by atoms with Crippen molar-refractivity contribution in [2.45, 2.75) is 12.4 Å². The minimum absolute atomic E-state index is 0.344. The molecule has 0 saturated carbocycles. The molecule has 5 rings (SSSR count). The zero-order chi connectivity index (χ0) is 26.4. The van der Waals surface area contributed by atoms with Crippen LogP contribution in [0.15, 0.2) is 97.1 Å². The van der Waals surface area contributed by atoms with Crippen LogP contribution in [0.4, 0.5) is 31.1 Å². The number of amides is 1. The molecule has 188 valence electrons. The average Bonchev–Trinajstić information content (AvgIpc) is 3.21. The van der Waals surface area contributed by atoms with E-state index in [1.165, 1.54) is 28.8 Å². The summed E-state index contributed by atoms with van der Waals surface area (Å²) >= 11 is 0. The van der Waals surface area contributed by atoms with E-state index in [4.69, 9.17) is 0 Å². The summed E-state index contributed by atoms with van der Waals surface area (Å²) in [5.41, 5.74) is -0.494. The molecule has 1 amide bonds. The Morgan fingerprint density at radius 2 is 0.973 bits per heavy atom. The van der Waals surface area contributed by atoms with Crippen LogP contribution in [-0.4, -0.2) is 10.6 Å². The molecule has 37 heavy (non-hydrogen) atoms. The summed E-state index contributed by atoms with van der Waals surface area (Å²) < 4.78 is 80.2. The van der Waals surface area contributed by atoms with Gasteiger partial charge in [0.25, 0.3) is 0 Å². The molecule has 0 aliphatic carbocycles. The van der Waals surface area contributed by atoms with Gasteiger partial charge in [-0.2, -0.15) is 26.3 Å². The summed E-state index contributed by atoms with van der Waals surface area (Å²) in [6.45, 7) is 0. The number of carbonyl (C=O) groups is 1. The average molecular weight is 530 g/mol. The van der Waals surface area contributed by atoms with Crippen molar-refractivity contribution in [3.05, 3.63) is 108 Å². The molecule has 0 bridgehead atoms. The number of carbonyl (C=O) groups excluding carboxylic acids is 1. The van der Waals surface area contributed by atoms with E-state index in [0.29, 0.717) is 21.6 Å². The molecule has 0 fully saturated rings. The molecule has 10 heteroatoms. The molecule has 3 nitrogen and oxygen atoms in total. The summed E-state index contributed by atoms with van der Waals surface area (Å²) in [5.74, 6) is 0. The number of nitrogens with zero attached hydrogens (tertiary/aromatic N) is 1.